The summed E-state index contributed by atoms with van der Waals surface area (Å²) in [6, 6.07) is 10.4. The summed E-state index contributed by atoms with van der Waals surface area (Å²) in [5.74, 6) is 0. The van der Waals surface area contributed by atoms with Crippen LogP contribution in [0.1, 0.15) is 0 Å². The van der Waals surface area contributed by atoms with Crippen molar-refractivity contribution in [2.24, 2.45) is 0 Å². The molecule has 0 aliphatic carbocycles. The fourth-order valence-corrected chi connectivity index (χ4v) is 2.98. The number of nitro groups is 1. The van der Waals surface area contributed by atoms with E-state index in [4.69, 9.17) is 0 Å². The first-order chi connectivity index (χ1) is 10.5. The Kier molecular flexibility index (Phi) is 3.79. The van der Waals surface area contributed by atoms with Gasteiger partial charge in [0.1, 0.15) is 10.2 Å². The molecular weight excluding hydrogens is 418 g/mol. The minimum absolute atomic E-state index is 0.124. The topological polar surface area (TPSA) is 88.9 Å². The first-order valence-corrected chi connectivity index (χ1v) is 7.69. The molecule has 1 N–H and O–H groups in total. The highest BCUT2D eigenvalue weighted by molar-refractivity contribution is 9.13. The predicted molar refractivity (Wildman–Crippen MR) is 89.9 cm³/mol. The third-order valence-corrected chi connectivity index (χ3v) is 5.04. The fourth-order valence-electron chi connectivity index (χ4n) is 2.11. The van der Waals surface area contributed by atoms with Gasteiger partial charge in [0.05, 0.1) is 10.4 Å². The highest BCUT2D eigenvalue weighted by Gasteiger charge is 2.23. The van der Waals surface area contributed by atoms with Gasteiger partial charge in [0.2, 0.25) is 0 Å². The van der Waals surface area contributed by atoms with Crippen molar-refractivity contribution >= 4 is 48.6 Å². The average Bonchev–Trinajstić information content (AvgIpc) is 2.49. The molecule has 1 aromatic heterocycles. The van der Waals surface area contributed by atoms with Gasteiger partial charge in [0, 0.05) is 10.0 Å². The van der Waals surface area contributed by atoms with E-state index >= 15 is 0 Å². The van der Waals surface area contributed by atoms with Crippen LogP contribution in [0, 0.1) is 10.1 Å². The molecular formula is C14H7Br2N3O3. The maximum Gasteiger partial charge on any atom is 0.312 e. The summed E-state index contributed by atoms with van der Waals surface area (Å²) in [6.07, 6.45) is 0. The average molecular weight is 425 g/mol. The molecule has 6 nitrogen and oxygen atoms in total. The van der Waals surface area contributed by atoms with Gasteiger partial charge >= 0.3 is 5.69 Å². The lowest BCUT2D eigenvalue weighted by molar-refractivity contribution is -0.384. The molecule has 2 aromatic carbocycles. The SMILES string of the molecule is O=c1[nH]c2cc(Br)c(Br)c([N+](=O)[O-])c2nc1-c1ccccc1. The highest BCUT2D eigenvalue weighted by atomic mass is 79.9. The molecule has 0 atom stereocenters. The summed E-state index contributed by atoms with van der Waals surface area (Å²) in [5.41, 5.74) is 0.564. The molecule has 3 rings (SSSR count). The van der Waals surface area contributed by atoms with Gasteiger partial charge in [-0.3, -0.25) is 14.9 Å². The standard InChI is InChI=1S/C14H7Br2N3O3/c15-8-6-9-12(13(10(8)16)19(21)22)18-11(14(20)17-9)7-4-2-1-3-5-7/h1-6H,(H,17,20). The zero-order valence-corrected chi connectivity index (χ0v) is 14.0. The van der Waals surface area contributed by atoms with E-state index in [0.29, 0.717) is 15.6 Å². The summed E-state index contributed by atoms with van der Waals surface area (Å²) in [4.78, 5) is 29.9. The quantitative estimate of drug-likeness (QED) is 0.496. The monoisotopic (exact) mass is 423 g/mol. The van der Waals surface area contributed by atoms with Crippen LogP contribution in [0.4, 0.5) is 5.69 Å². The fraction of sp³-hybridized carbons (Fsp3) is 0. The Hall–Kier alpha value is -2.06. The predicted octanol–water partition coefficient (Wildman–Crippen LogP) is 4.02. The third-order valence-electron chi connectivity index (χ3n) is 3.08. The van der Waals surface area contributed by atoms with E-state index in [1.807, 2.05) is 6.07 Å². The number of benzene rings is 2. The van der Waals surface area contributed by atoms with Crippen molar-refractivity contribution in [3.05, 3.63) is 65.8 Å². The Bertz CT molecular complexity index is 955. The van der Waals surface area contributed by atoms with Crippen molar-refractivity contribution in [3.63, 3.8) is 0 Å². The normalized spacial score (nSPS) is 10.8. The van der Waals surface area contributed by atoms with Crippen LogP contribution in [-0.2, 0) is 0 Å². The number of fused-ring (bicyclic) bond motifs is 1. The zero-order chi connectivity index (χ0) is 15.9. The Labute approximate surface area is 140 Å². The van der Waals surface area contributed by atoms with Crippen molar-refractivity contribution in [1.29, 1.82) is 0 Å². The smallest absolute Gasteiger partial charge is 0.312 e. The van der Waals surface area contributed by atoms with Crippen LogP contribution in [0.2, 0.25) is 0 Å². The minimum Gasteiger partial charge on any atom is -0.318 e. The van der Waals surface area contributed by atoms with Gasteiger partial charge in [0.25, 0.3) is 5.56 Å². The van der Waals surface area contributed by atoms with Crippen LogP contribution in [0.5, 0.6) is 0 Å². The van der Waals surface area contributed by atoms with Crippen molar-refractivity contribution in [1.82, 2.24) is 9.97 Å². The van der Waals surface area contributed by atoms with Crippen molar-refractivity contribution < 1.29 is 4.92 Å². The van der Waals surface area contributed by atoms with Crippen LogP contribution >= 0.6 is 31.9 Å². The number of aromatic nitrogens is 2. The molecule has 3 aromatic rings. The zero-order valence-electron chi connectivity index (χ0n) is 10.8. The number of hydrogen-bond acceptors (Lipinski definition) is 4. The number of halogens is 2. The van der Waals surface area contributed by atoms with E-state index in [1.54, 1.807) is 30.3 Å². The highest BCUT2D eigenvalue weighted by Crippen LogP contribution is 2.37. The van der Waals surface area contributed by atoms with Gasteiger partial charge in [-0.15, -0.1) is 0 Å². The lowest BCUT2D eigenvalue weighted by Crippen LogP contribution is -2.12. The number of hydrogen-bond donors (Lipinski definition) is 1. The molecule has 8 heteroatoms. The second kappa shape index (κ2) is 5.62. The Morgan fingerprint density at radius 1 is 1.18 bits per heavy atom. The Morgan fingerprint density at radius 2 is 1.86 bits per heavy atom. The van der Waals surface area contributed by atoms with Crippen LogP contribution in [0.3, 0.4) is 0 Å². The third kappa shape index (κ3) is 2.44. The van der Waals surface area contributed by atoms with Gasteiger partial charge in [-0.25, -0.2) is 4.98 Å². The van der Waals surface area contributed by atoms with Crippen LogP contribution < -0.4 is 5.56 Å². The molecule has 0 aliphatic rings. The molecule has 0 spiro atoms. The van der Waals surface area contributed by atoms with Crippen molar-refractivity contribution in [2.45, 2.75) is 0 Å². The molecule has 0 unspecified atom stereocenters. The second-order valence-corrected chi connectivity index (χ2v) is 6.10. The molecule has 0 fully saturated rings. The molecule has 22 heavy (non-hydrogen) atoms. The van der Waals surface area contributed by atoms with E-state index in [0.717, 1.165) is 0 Å². The summed E-state index contributed by atoms with van der Waals surface area (Å²) in [6.45, 7) is 0. The van der Waals surface area contributed by atoms with Crippen molar-refractivity contribution in [2.75, 3.05) is 0 Å². The van der Waals surface area contributed by atoms with Gasteiger partial charge in [0.15, 0.2) is 5.52 Å². The van der Waals surface area contributed by atoms with Gasteiger partial charge in [-0.1, -0.05) is 30.3 Å². The number of nitro benzene ring substituents is 1. The number of nitrogens with zero attached hydrogens (tertiary/aromatic N) is 2. The minimum atomic E-state index is -0.530. The van der Waals surface area contributed by atoms with E-state index < -0.39 is 10.5 Å². The largest absolute Gasteiger partial charge is 0.318 e. The molecule has 110 valence electrons. The lowest BCUT2D eigenvalue weighted by Gasteiger charge is -2.06. The summed E-state index contributed by atoms with van der Waals surface area (Å²) in [5, 5.41) is 11.3. The Morgan fingerprint density at radius 3 is 2.50 bits per heavy atom. The van der Waals surface area contributed by atoms with Crippen LogP contribution in [0.25, 0.3) is 22.3 Å². The maximum absolute atomic E-state index is 12.2. The molecule has 1 heterocycles. The number of H-pyrrole nitrogens is 1. The molecule has 0 aliphatic heterocycles. The van der Waals surface area contributed by atoms with Gasteiger partial charge in [-0.05, 0) is 37.9 Å². The number of aromatic amines is 1. The van der Waals surface area contributed by atoms with E-state index in [2.05, 4.69) is 41.8 Å². The molecule has 0 amide bonds. The van der Waals surface area contributed by atoms with Crippen LogP contribution in [0.15, 0.2) is 50.1 Å². The number of nitrogens with one attached hydrogen (secondary N) is 1. The van der Waals surface area contributed by atoms with Gasteiger partial charge < -0.3 is 4.98 Å². The summed E-state index contributed by atoms with van der Waals surface area (Å²) >= 11 is 6.40. The van der Waals surface area contributed by atoms with Gasteiger partial charge in [-0.2, -0.15) is 0 Å². The second-order valence-electron chi connectivity index (χ2n) is 4.45. The van der Waals surface area contributed by atoms with E-state index in [9.17, 15) is 14.9 Å². The maximum atomic E-state index is 12.2. The van der Waals surface area contributed by atoms with Crippen LogP contribution in [-0.4, -0.2) is 14.9 Å². The molecule has 0 radical (unpaired) electrons. The van der Waals surface area contributed by atoms with E-state index in [1.165, 1.54) is 0 Å². The van der Waals surface area contributed by atoms with Crippen molar-refractivity contribution in [3.8, 4) is 11.3 Å². The Balaban J connectivity index is 2.42. The molecule has 0 saturated carbocycles. The summed E-state index contributed by atoms with van der Waals surface area (Å²) < 4.78 is 0.750. The molecule has 0 bridgehead atoms. The first kappa shape index (κ1) is 14.9. The first-order valence-electron chi connectivity index (χ1n) is 6.11. The van der Waals surface area contributed by atoms with E-state index in [-0.39, 0.29) is 21.4 Å². The molecule has 0 saturated heterocycles. The number of rotatable bonds is 2. The lowest BCUT2D eigenvalue weighted by atomic mass is 10.1. The summed E-state index contributed by atoms with van der Waals surface area (Å²) in [7, 11) is 0.